The van der Waals surface area contributed by atoms with E-state index in [2.05, 4.69) is 0 Å². The molecule has 2 nitrogen and oxygen atoms in total. The molecule has 12 heavy (non-hydrogen) atoms. The first-order valence-electron chi connectivity index (χ1n) is 3.70. The predicted octanol–water partition coefficient (Wildman–Crippen LogP) is 2.06. The lowest BCUT2D eigenvalue weighted by atomic mass is 9.78. The van der Waals surface area contributed by atoms with Gasteiger partial charge in [0.25, 0.3) is 0 Å². The molecule has 0 aliphatic heterocycles. The fraction of sp³-hybridized carbons (Fsp3) is 0.222. The lowest BCUT2D eigenvalue weighted by molar-refractivity contribution is -0.139. The molecule has 1 atom stereocenters. The molecule has 0 spiro atoms. The number of benzene rings is 1. The first-order valence-corrected chi connectivity index (χ1v) is 4.08. The number of fused-ring (bicyclic) bond motifs is 1. The van der Waals surface area contributed by atoms with Crippen molar-refractivity contribution < 1.29 is 9.90 Å². The zero-order chi connectivity index (χ0) is 8.72. The van der Waals surface area contributed by atoms with Crippen LogP contribution in [-0.2, 0) is 11.2 Å². The maximum absolute atomic E-state index is 10.6. The molecule has 0 saturated heterocycles. The summed E-state index contributed by atoms with van der Waals surface area (Å²) in [6.45, 7) is 0. The van der Waals surface area contributed by atoms with Gasteiger partial charge in [0.1, 0.15) is 0 Å². The summed E-state index contributed by atoms with van der Waals surface area (Å²) in [6.07, 6.45) is 0.616. The summed E-state index contributed by atoms with van der Waals surface area (Å²) in [5, 5.41) is 9.32. The fourth-order valence-electron chi connectivity index (χ4n) is 1.55. The Morgan fingerprint density at radius 1 is 1.58 bits per heavy atom. The first-order chi connectivity index (χ1) is 5.70. The largest absolute Gasteiger partial charge is 0.481 e. The summed E-state index contributed by atoms with van der Waals surface area (Å²) in [5.41, 5.74) is 1.86. The van der Waals surface area contributed by atoms with Crippen molar-refractivity contribution in [2.75, 3.05) is 0 Å². The molecule has 62 valence electrons. The van der Waals surface area contributed by atoms with Crippen LogP contribution in [0.5, 0.6) is 0 Å². The van der Waals surface area contributed by atoms with Crippen LogP contribution >= 0.6 is 11.6 Å². The van der Waals surface area contributed by atoms with Crippen LogP contribution in [0.4, 0.5) is 0 Å². The Morgan fingerprint density at radius 2 is 2.33 bits per heavy atom. The molecular formula is C9H7ClO2. The van der Waals surface area contributed by atoms with E-state index in [0.717, 1.165) is 11.1 Å². The number of hydrogen-bond donors (Lipinski definition) is 1. The number of halogens is 1. The van der Waals surface area contributed by atoms with Gasteiger partial charge < -0.3 is 5.11 Å². The van der Waals surface area contributed by atoms with Gasteiger partial charge in [-0.1, -0.05) is 23.7 Å². The summed E-state index contributed by atoms with van der Waals surface area (Å²) in [6, 6.07) is 5.50. The molecule has 0 aromatic heterocycles. The number of carbonyl (C=O) groups is 1. The first kappa shape index (κ1) is 7.62. The van der Waals surface area contributed by atoms with Gasteiger partial charge in [0.05, 0.1) is 5.92 Å². The van der Waals surface area contributed by atoms with E-state index < -0.39 is 5.97 Å². The normalized spacial score (nSPS) is 19.6. The minimum absolute atomic E-state index is 0.381. The van der Waals surface area contributed by atoms with Crippen molar-refractivity contribution >= 4 is 17.6 Å². The maximum Gasteiger partial charge on any atom is 0.311 e. The van der Waals surface area contributed by atoms with Crippen LogP contribution < -0.4 is 0 Å². The van der Waals surface area contributed by atoms with Crippen molar-refractivity contribution in [1.29, 1.82) is 0 Å². The van der Waals surface area contributed by atoms with Crippen molar-refractivity contribution in [3.63, 3.8) is 0 Å². The second kappa shape index (κ2) is 2.49. The number of rotatable bonds is 1. The van der Waals surface area contributed by atoms with Crippen LogP contribution in [0.1, 0.15) is 17.0 Å². The molecule has 1 N–H and O–H groups in total. The van der Waals surface area contributed by atoms with E-state index in [-0.39, 0.29) is 5.92 Å². The van der Waals surface area contributed by atoms with Gasteiger partial charge in [0.15, 0.2) is 0 Å². The van der Waals surface area contributed by atoms with Gasteiger partial charge in [-0.25, -0.2) is 0 Å². The molecule has 0 radical (unpaired) electrons. The van der Waals surface area contributed by atoms with Crippen LogP contribution in [0.25, 0.3) is 0 Å². The van der Waals surface area contributed by atoms with E-state index in [1.54, 1.807) is 6.07 Å². The van der Waals surface area contributed by atoms with E-state index in [0.29, 0.717) is 11.4 Å². The molecule has 0 saturated carbocycles. The Bertz CT molecular complexity index is 332. The second-order valence-electron chi connectivity index (χ2n) is 2.91. The molecule has 1 aliphatic rings. The van der Waals surface area contributed by atoms with Gasteiger partial charge in [-0.05, 0) is 23.6 Å². The average Bonchev–Trinajstić information content (AvgIpc) is 1.91. The number of aliphatic carboxylic acids is 1. The van der Waals surface area contributed by atoms with Crippen molar-refractivity contribution in [3.8, 4) is 0 Å². The highest BCUT2D eigenvalue weighted by atomic mass is 35.5. The van der Waals surface area contributed by atoms with Crippen molar-refractivity contribution in [1.82, 2.24) is 0 Å². The van der Waals surface area contributed by atoms with Gasteiger partial charge in [-0.2, -0.15) is 0 Å². The molecule has 1 aliphatic carbocycles. The molecule has 0 heterocycles. The number of carboxylic acid groups (broad SMARTS) is 1. The molecule has 0 fully saturated rings. The van der Waals surface area contributed by atoms with Gasteiger partial charge in [-0.3, -0.25) is 4.79 Å². The third kappa shape index (κ3) is 0.916. The van der Waals surface area contributed by atoms with Crippen LogP contribution in [0.3, 0.4) is 0 Å². The Balaban J connectivity index is 2.45. The lowest BCUT2D eigenvalue weighted by Crippen LogP contribution is -2.25. The van der Waals surface area contributed by atoms with Crippen molar-refractivity contribution in [3.05, 3.63) is 34.3 Å². The summed E-state index contributed by atoms with van der Waals surface area (Å²) in [7, 11) is 0. The van der Waals surface area contributed by atoms with Gasteiger partial charge in [-0.15, -0.1) is 0 Å². The minimum Gasteiger partial charge on any atom is -0.481 e. The number of carboxylic acids is 1. The highest BCUT2D eigenvalue weighted by Gasteiger charge is 2.33. The lowest BCUT2D eigenvalue weighted by Gasteiger charge is -2.27. The highest BCUT2D eigenvalue weighted by molar-refractivity contribution is 6.32. The van der Waals surface area contributed by atoms with E-state index in [1.165, 1.54) is 0 Å². The third-order valence-electron chi connectivity index (χ3n) is 2.21. The molecule has 0 bridgehead atoms. The predicted molar refractivity (Wildman–Crippen MR) is 45.5 cm³/mol. The highest BCUT2D eigenvalue weighted by Crippen LogP contribution is 2.39. The van der Waals surface area contributed by atoms with Crippen molar-refractivity contribution in [2.24, 2.45) is 0 Å². The number of hydrogen-bond acceptors (Lipinski definition) is 1. The van der Waals surface area contributed by atoms with E-state index in [9.17, 15) is 4.79 Å². The zero-order valence-corrected chi connectivity index (χ0v) is 7.01. The van der Waals surface area contributed by atoms with Crippen LogP contribution in [0.2, 0.25) is 5.02 Å². The SMILES string of the molecule is O=C(O)C1Cc2cccc(Cl)c21. The van der Waals surface area contributed by atoms with Crippen LogP contribution in [0, 0.1) is 0 Å². The standard InChI is InChI=1S/C9H7ClO2/c10-7-3-1-2-5-4-6(8(5)7)9(11)12/h1-3,6H,4H2,(H,11,12). The molecule has 1 aromatic carbocycles. The molecule has 1 unspecified atom stereocenters. The third-order valence-corrected chi connectivity index (χ3v) is 2.54. The second-order valence-corrected chi connectivity index (χ2v) is 3.31. The molecular weight excluding hydrogens is 176 g/mol. The smallest absolute Gasteiger partial charge is 0.311 e. The Kier molecular flexibility index (Phi) is 1.58. The summed E-state index contributed by atoms with van der Waals surface area (Å²) >= 11 is 5.84. The Morgan fingerprint density at radius 3 is 2.92 bits per heavy atom. The van der Waals surface area contributed by atoms with Gasteiger partial charge >= 0.3 is 5.97 Å². The monoisotopic (exact) mass is 182 g/mol. The topological polar surface area (TPSA) is 37.3 Å². The van der Waals surface area contributed by atoms with Gasteiger partial charge in [0.2, 0.25) is 0 Å². The summed E-state index contributed by atoms with van der Waals surface area (Å²) < 4.78 is 0. The van der Waals surface area contributed by atoms with E-state index in [4.69, 9.17) is 16.7 Å². The minimum atomic E-state index is -0.782. The van der Waals surface area contributed by atoms with Crippen molar-refractivity contribution in [2.45, 2.75) is 12.3 Å². The van der Waals surface area contributed by atoms with Crippen LogP contribution in [0.15, 0.2) is 18.2 Å². The Labute approximate surface area is 74.8 Å². The Hall–Kier alpha value is -1.02. The quantitative estimate of drug-likeness (QED) is 0.722. The van der Waals surface area contributed by atoms with E-state index in [1.807, 2.05) is 12.1 Å². The average molecular weight is 183 g/mol. The van der Waals surface area contributed by atoms with E-state index >= 15 is 0 Å². The molecule has 3 heteroatoms. The van der Waals surface area contributed by atoms with Gasteiger partial charge in [0, 0.05) is 5.02 Å². The molecule has 0 amide bonds. The summed E-state index contributed by atoms with van der Waals surface area (Å²) in [4.78, 5) is 10.6. The maximum atomic E-state index is 10.6. The summed E-state index contributed by atoms with van der Waals surface area (Å²) in [5.74, 6) is -1.16. The molecule has 2 rings (SSSR count). The molecule has 1 aromatic rings. The zero-order valence-electron chi connectivity index (χ0n) is 6.25. The fourth-order valence-corrected chi connectivity index (χ4v) is 1.88. The van der Waals surface area contributed by atoms with Crippen LogP contribution in [-0.4, -0.2) is 11.1 Å².